The normalized spacial score (nSPS) is 10.6. The summed E-state index contributed by atoms with van der Waals surface area (Å²) in [6.07, 6.45) is 3.35. The van der Waals surface area contributed by atoms with Gasteiger partial charge in [0, 0.05) is 29.2 Å². The Bertz CT molecular complexity index is 911. The lowest BCUT2D eigenvalue weighted by Gasteiger charge is -2.06. The third-order valence-electron chi connectivity index (χ3n) is 3.32. The SMILES string of the molecule is CC(=O)Nc1cc(-c2cn(CCOc3cc(F)cc(Br)c3)nn2)ccn1. The van der Waals surface area contributed by atoms with Gasteiger partial charge in [0.25, 0.3) is 0 Å². The minimum atomic E-state index is -0.370. The van der Waals surface area contributed by atoms with Gasteiger partial charge in [-0.3, -0.25) is 4.79 Å². The second-order valence-electron chi connectivity index (χ2n) is 5.43. The smallest absolute Gasteiger partial charge is 0.222 e. The summed E-state index contributed by atoms with van der Waals surface area (Å²) < 4.78 is 21.1. The van der Waals surface area contributed by atoms with Crippen LogP contribution in [0.15, 0.2) is 47.2 Å². The molecule has 0 radical (unpaired) electrons. The molecule has 2 heterocycles. The number of rotatable bonds is 6. The molecule has 3 rings (SSSR count). The molecule has 26 heavy (non-hydrogen) atoms. The van der Waals surface area contributed by atoms with E-state index >= 15 is 0 Å². The van der Waals surface area contributed by atoms with Gasteiger partial charge in [-0.05, 0) is 24.3 Å². The van der Waals surface area contributed by atoms with Crippen LogP contribution < -0.4 is 10.1 Å². The Morgan fingerprint density at radius 3 is 2.96 bits per heavy atom. The van der Waals surface area contributed by atoms with E-state index in [1.165, 1.54) is 19.1 Å². The lowest BCUT2D eigenvalue weighted by molar-refractivity contribution is -0.114. The number of pyridine rings is 1. The molecule has 9 heteroatoms. The molecule has 1 N–H and O–H groups in total. The summed E-state index contributed by atoms with van der Waals surface area (Å²) >= 11 is 3.22. The Morgan fingerprint density at radius 2 is 2.19 bits per heavy atom. The molecular weight excluding hydrogens is 405 g/mol. The minimum Gasteiger partial charge on any atom is -0.492 e. The number of aromatic nitrogens is 4. The highest BCUT2D eigenvalue weighted by Gasteiger charge is 2.07. The number of hydrogen-bond donors (Lipinski definition) is 1. The predicted octanol–water partition coefficient (Wildman–Crippen LogP) is 3.28. The molecule has 0 saturated heterocycles. The van der Waals surface area contributed by atoms with Crippen LogP contribution in [0.2, 0.25) is 0 Å². The van der Waals surface area contributed by atoms with E-state index in [2.05, 4.69) is 36.5 Å². The molecule has 1 aromatic carbocycles. The first-order chi connectivity index (χ1) is 12.5. The Labute approximate surface area is 157 Å². The molecule has 134 valence electrons. The summed E-state index contributed by atoms with van der Waals surface area (Å²) in [5, 5.41) is 10.8. The van der Waals surface area contributed by atoms with Crippen LogP contribution in [0.4, 0.5) is 10.2 Å². The van der Waals surface area contributed by atoms with E-state index in [0.29, 0.717) is 34.9 Å². The number of hydrogen-bond acceptors (Lipinski definition) is 5. The van der Waals surface area contributed by atoms with Crippen LogP contribution in [-0.4, -0.2) is 32.5 Å². The highest BCUT2D eigenvalue weighted by Crippen LogP contribution is 2.21. The average molecular weight is 420 g/mol. The largest absolute Gasteiger partial charge is 0.492 e. The van der Waals surface area contributed by atoms with Crippen molar-refractivity contribution in [3.8, 4) is 17.0 Å². The first-order valence-electron chi connectivity index (χ1n) is 7.72. The minimum absolute atomic E-state index is 0.195. The van der Waals surface area contributed by atoms with Crippen LogP contribution in [0.25, 0.3) is 11.3 Å². The summed E-state index contributed by atoms with van der Waals surface area (Å²) in [5.41, 5.74) is 1.43. The molecule has 0 unspecified atom stereocenters. The summed E-state index contributed by atoms with van der Waals surface area (Å²) in [5.74, 6) is 0.320. The highest BCUT2D eigenvalue weighted by molar-refractivity contribution is 9.10. The molecule has 0 aliphatic heterocycles. The van der Waals surface area contributed by atoms with E-state index in [1.807, 2.05) is 0 Å². The molecule has 0 atom stereocenters. The van der Waals surface area contributed by atoms with Gasteiger partial charge in [-0.15, -0.1) is 5.10 Å². The number of benzene rings is 1. The third-order valence-corrected chi connectivity index (χ3v) is 3.78. The predicted molar refractivity (Wildman–Crippen MR) is 97.2 cm³/mol. The van der Waals surface area contributed by atoms with Gasteiger partial charge in [-0.25, -0.2) is 14.1 Å². The van der Waals surface area contributed by atoms with Gasteiger partial charge in [0.05, 0.1) is 12.7 Å². The number of anilines is 1. The van der Waals surface area contributed by atoms with E-state index in [1.54, 1.807) is 35.3 Å². The van der Waals surface area contributed by atoms with E-state index in [9.17, 15) is 9.18 Å². The molecule has 2 aromatic heterocycles. The number of ether oxygens (including phenoxy) is 1. The van der Waals surface area contributed by atoms with Crippen molar-refractivity contribution in [3.63, 3.8) is 0 Å². The number of amides is 1. The van der Waals surface area contributed by atoms with Crippen molar-refractivity contribution in [2.24, 2.45) is 0 Å². The average Bonchev–Trinajstić information content (AvgIpc) is 3.02. The van der Waals surface area contributed by atoms with Crippen molar-refractivity contribution < 1.29 is 13.9 Å². The Hall–Kier alpha value is -2.81. The Morgan fingerprint density at radius 1 is 1.35 bits per heavy atom. The molecule has 7 nitrogen and oxygen atoms in total. The maximum atomic E-state index is 13.3. The lowest BCUT2D eigenvalue weighted by atomic mass is 10.2. The van der Waals surface area contributed by atoms with Gasteiger partial charge in [0.2, 0.25) is 5.91 Å². The zero-order valence-corrected chi connectivity index (χ0v) is 15.4. The standard InChI is InChI=1S/C17H15BrFN5O2/c1-11(25)21-17-6-12(2-3-20-17)16-10-24(23-22-16)4-5-26-15-8-13(18)7-14(19)9-15/h2-3,6-10H,4-5H2,1H3,(H,20,21,25). The molecule has 0 saturated carbocycles. The molecule has 0 fully saturated rings. The summed E-state index contributed by atoms with van der Waals surface area (Å²) in [6, 6.07) is 7.87. The lowest BCUT2D eigenvalue weighted by Crippen LogP contribution is -2.08. The molecule has 0 bridgehead atoms. The molecule has 0 aliphatic rings. The zero-order valence-electron chi connectivity index (χ0n) is 13.8. The fourth-order valence-electron chi connectivity index (χ4n) is 2.25. The topological polar surface area (TPSA) is 81.9 Å². The summed E-state index contributed by atoms with van der Waals surface area (Å²) in [4.78, 5) is 15.2. The van der Waals surface area contributed by atoms with Crippen LogP contribution in [0.3, 0.4) is 0 Å². The summed E-state index contributed by atoms with van der Waals surface area (Å²) in [7, 11) is 0. The van der Waals surface area contributed by atoms with Gasteiger partial charge in [0.1, 0.15) is 29.7 Å². The Kier molecular flexibility index (Phi) is 5.57. The zero-order chi connectivity index (χ0) is 18.5. The van der Waals surface area contributed by atoms with Gasteiger partial charge < -0.3 is 10.1 Å². The van der Waals surface area contributed by atoms with Crippen LogP contribution in [0.5, 0.6) is 5.75 Å². The first kappa shape index (κ1) is 18.0. The number of nitrogens with one attached hydrogen (secondary N) is 1. The first-order valence-corrected chi connectivity index (χ1v) is 8.52. The van der Waals surface area contributed by atoms with E-state index in [4.69, 9.17) is 4.74 Å². The fraction of sp³-hybridized carbons (Fsp3) is 0.176. The Balaban J connectivity index is 1.62. The van der Waals surface area contributed by atoms with Crippen molar-refractivity contribution in [3.05, 3.63) is 53.0 Å². The van der Waals surface area contributed by atoms with Gasteiger partial charge >= 0.3 is 0 Å². The van der Waals surface area contributed by atoms with Crippen LogP contribution in [0.1, 0.15) is 6.92 Å². The molecule has 0 spiro atoms. The van der Waals surface area contributed by atoms with Crippen molar-refractivity contribution >= 4 is 27.7 Å². The number of halogens is 2. The number of carbonyl (C=O) groups excluding carboxylic acids is 1. The molecule has 0 aliphatic carbocycles. The van der Waals surface area contributed by atoms with E-state index < -0.39 is 0 Å². The van der Waals surface area contributed by atoms with Crippen molar-refractivity contribution in [2.45, 2.75) is 13.5 Å². The molecule has 3 aromatic rings. The monoisotopic (exact) mass is 419 g/mol. The summed E-state index contributed by atoms with van der Waals surface area (Å²) in [6.45, 7) is 2.18. The van der Waals surface area contributed by atoms with E-state index in [-0.39, 0.29) is 11.7 Å². The van der Waals surface area contributed by atoms with Crippen LogP contribution >= 0.6 is 15.9 Å². The second kappa shape index (κ2) is 8.05. The quantitative estimate of drug-likeness (QED) is 0.662. The molecule has 1 amide bonds. The maximum Gasteiger partial charge on any atom is 0.222 e. The highest BCUT2D eigenvalue weighted by atomic mass is 79.9. The van der Waals surface area contributed by atoms with Crippen molar-refractivity contribution in [1.82, 2.24) is 20.0 Å². The van der Waals surface area contributed by atoms with Gasteiger partial charge in [0.15, 0.2) is 0 Å². The maximum absolute atomic E-state index is 13.3. The van der Waals surface area contributed by atoms with Crippen LogP contribution in [0, 0.1) is 5.82 Å². The van der Waals surface area contributed by atoms with E-state index in [0.717, 1.165) is 5.56 Å². The van der Waals surface area contributed by atoms with Gasteiger partial charge in [-0.2, -0.15) is 0 Å². The van der Waals surface area contributed by atoms with Gasteiger partial charge in [-0.1, -0.05) is 21.1 Å². The fourth-order valence-corrected chi connectivity index (χ4v) is 2.69. The van der Waals surface area contributed by atoms with Crippen LogP contribution in [-0.2, 0) is 11.3 Å². The van der Waals surface area contributed by atoms with Crippen molar-refractivity contribution in [2.75, 3.05) is 11.9 Å². The molecular formula is C17H15BrFN5O2. The number of nitrogens with zero attached hydrogens (tertiary/aromatic N) is 4. The second-order valence-corrected chi connectivity index (χ2v) is 6.35. The van der Waals surface area contributed by atoms with Crippen molar-refractivity contribution in [1.29, 1.82) is 0 Å². The number of carbonyl (C=O) groups is 1. The third kappa shape index (κ3) is 4.85.